The Hall–Kier alpha value is -0.840. The normalized spacial score (nSPS) is 32.3. The van der Waals surface area contributed by atoms with Crippen LogP contribution in [0.15, 0.2) is 0 Å². The number of hydrogen-bond acceptors (Lipinski definition) is 2. The van der Waals surface area contributed by atoms with Gasteiger partial charge in [-0.25, -0.2) is 4.79 Å². The van der Waals surface area contributed by atoms with Gasteiger partial charge in [-0.15, -0.1) is 0 Å². The van der Waals surface area contributed by atoms with E-state index in [0.29, 0.717) is 10.9 Å². The Bertz CT molecular complexity index is 331. The van der Waals surface area contributed by atoms with Gasteiger partial charge in [0.05, 0.1) is 10.5 Å². The lowest BCUT2D eigenvalue weighted by Crippen LogP contribution is -2.60. The van der Waals surface area contributed by atoms with Gasteiger partial charge < -0.3 is 16.0 Å². The number of likely N-dealkylation sites (tertiary alicyclic amines) is 1. The molecule has 1 saturated carbocycles. The Kier molecular flexibility index (Phi) is 4.10. The first kappa shape index (κ1) is 13.6. The highest BCUT2D eigenvalue weighted by molar-refractivity contribution is 7.80. The lowest BCUT2D eigenvalue weighted by atomic mass is 9.77. The number of urea groups is 1. The van der Waals surface area contributed by atoms with Crippen LogP contribution in [0.3, 0.4) is 0 Å². The molecule has 0 bridgehead atoms. The minimum atomic E-state index is -0.443. The van der Waals surface area contributed by atoms with E-state index in [0.717, 1.165) is 51.6 Å². The first-order valence-electron chi connectivity index (χ1n) is 6.90. The van der Waals surface area contributed by atoms with Gasteiger partial charge in [0.25, 0.3) is 0 Å². The first-order chi connectivity index (χ1) is 8.53. The highest BCUT2D eigenvalue weighted by Crippen LogP contribution is 2.32. The Morgan fingerprint density at radius 3 is 2.39 bits per heavy atom. The van der Waals surface area contributed by atoms with Crippen LogP contribution in [0, 0.1) is 5.92 Å². The second-order valence-corrected chi connectivity index (χ2v) is 6.19. The number of hydrogen-bond donors (Lipinski definition) is 2. The SMILES string of the molecule is CC1CCC(NC(=O)N2CCCC2)(C(N)=S)CC1. The van der Waals surface area contributed by atoms with Crippen molar-refractivity contribution in [1.82, 2.24) is 10.2 Å². The van der Waals surface area contributed by atoms with E-state index in [4.69, 9.17) is 18.0 Å². The van der Waals surface area contributed by atoms with Gasteiger partial charge in [0.2, 0.25) is 0 Å². The maximum Gasteiger partial charge on any atom is 0.318 e. The van der Waals surface area contributed by atoms with Crippen LogP contribution in [0.25, 0.3) is 0 Å². The van der Waals surface area contributed by atoms with Crippen LogP contribution >= 0.6 is 12.2 Å². The standard InChI is InChI=1S/C13H23N3OS/c1-10-4-6-13(7-5-10,11(14)18)15-12(17)16-8-2-3-9-16/h10H,2-9H2,1H3,(H2,14,18)(H,15,17). The Morgan fingerprint density at radius 1 is 1.33 bits per heavy atom. The lowest BCUT2D eigenvalue weighted by molar-refractivity contribution is 0.188. The minimum absolute atomic E-state index is 0.00912. The van der Waals surface area contributed by atoms with Crippen molar-refractivity contribution in [2.24, 2.45) is 11.7 Å². The average molecular weight is 269 g/mol. The average Bonchev–Trinajstić information content (AvgIpc) is 2.85. The Balaban J connectivity index is 2.01. The van der Waals surface area contributed by atoms with Gasteiger partial charge in [-0.2, -0.15) is 0 Å². The van der Waals surface area contributed by atoms with Crippen LogP contribution in [-0.2, 0) is 0 Å². The molecule has 102 valence electrons. The zero-order valence-corrected chi connectivity index (χ0v) is 11.9. The third-order valence-corrected chi connectivity index (χ3v) is 4.73. The van der Waals surface area contributed by atoms with Crippen LogP contribution in [0.1, 0.15) is 45.4 Å². The van der Waals surface area contributed by atoms with Gasteiger partial charge in [-0.3, -0.25) is 0 Å². The Labute approximate surface area is 114 Å². The van der Waals surface area contributed by atoms with Gasteiger partial charge in [-0.05, 0) is 44.4 Å². The first-order valence-corrected chi connectivity index (χ1v) is 7.31. The molecule has 18 heavy (non-hydrogen) atoms. The molecule has 2 aliphatic rings. The third-order valence-electron chi connectivity index (χ3n) is 4.34. The van der Waals surface area contributed by atoms with Crippen LogP contribution < -0.4 is 11.1 Å². The van der Waals surface area contributed by atoms with Crippen molar-refractivity contribution in [2.75, 3.05) is 13.1 Å². The summed E-state index contributed by atoms with van der Waals surface area (Å²) in [5.74, 6) is 0.705. The molecule has 1 heterocycles. The predicted molar refractivity (Wildman–Crippen MR) is 76.5 cm³/mol. The molecular formula is C13H23N3OS. The molecule has 2 fully saturated rings. The minimum Gasteiger partial charge on any atom is -0.391 e. The van der Waals surface area contributed by atoms with E-state index in [1.165, 1.54) is 0 Å². The van der Waals surface area contributed by atoms with Crippen LogP contribution in [0.2, 0.25) is 0 Å². The zero-order valence-electron chi connectivity index (χ0n) is 11.1. The summed E-state index contributed by atoms with van der Waals surface area (Å²) in [6, 6.07) is 0.00912. The molecule has 0 spiro atoms. The monoisotopic (exact) mass is 269 g/mol. The second-order valence-electron chi connectivity index (χ2n) is 5.75. The maximum absolute atomic E-state index is 12.2. The molecule has 2 amide bonds. The van der Waals surface area contributed by atoms with Crippen molar-refractivity contribution in [3.05, 3.63) is 0 Å². The molecule has 0 unspecified atom stereocenters. The molecular weight excluding hydrogens is 246 g/mol. The molecule has 0 aromatic heterocycles. The van der Waals surface area contributed by atoms with Crippen molar-refractivity contribution < 1.29 is 4.79 Å². The fourth-order valence-electron chi connectivity index (χ4n) is 2.89. The van der Waals surface area contributed by atoms with Crippen LogP contribution in [-0.4, -0.2) is 34.5 Å². The number of rotatable bonds is 2. The maximum atomic E-state index is 12.2. The summed E-state index contributed by atoms with van der Waals surface area (Å²) in [4.78, 5) is 14.5. The molecule has 1 aliphatic heterocycles. The molecule has 3 N–H and O–H groups in total. The molecule has 0 aromatic carbocycles. The van der Waals surface area contributed by atoms with E-state index in [1.54, 1.807) is 0 Å². The summed E-state index contributed by atoms with van der Waals surface area (Å²) in [7, 11) is 0. The van der Waals surface area contributed by atoms with Crippen molar-refractivity contribution >= 4 is 23.2 Å². The molecule has 0 radical (unpaired) electrons. The van der Waals surface area contributed by atoms with Crippen LogP contribution in [0.4, 0.5) is 4.79 Å². The summed E-state index contributed by atoms with van der Waals surface area (Å²) in [6.07, 6.45) is 6.12. The predicted octanol–water partition coefficient (Wildman–Crippen LogP) is 2.03. The smallest absolute Gasteiger partial charge is 0.318 e. The number of carbonyl (C=O) groups is 1. The fraction of sp³-hybridized carbons (Fsp3) is 0.846. The lowest BCUT2D eigenvalue weighted by Gasteiger charge is -2.40. The summed E-state index contributed by atoms with van der Waals surface area (Å²) >= 11 is 5.20. The largest absolute Gasteiger partial charge is 0.391 e. The van der Waals surface area contributed by atoms with E-state index in [1.807, 2.05) is 4.90 Å². The third kappa shape index (κ3) is 2.76. The van der Waals surface area contributed by atoms with E-state index < -0.39 is 5.54 Å². The molecule has 0 aromatic rings. The van der Waals surface area contributed by atoms with Crippen molar-refractivity contribution in [3.8, 4) is 0 Å². The number of nitrogens with two attached hydrogens (primary N) is 1. The number of nitrogens with zero attached hydrogens (tertiary/aromatic N) is 1. The summed E-state index contributed by atoms with van der Waals surface area (Å²) in [5.41, 5.74) is 5.45. The van der Waals surface area contributed by atoms with Gasteiger partial charge in [0.1, 0.15) is 0 Å². The number of carbonyl (C=O) groups excluding carboxylic acids is 1. The quantitative estimate of drug-likeness (QED) is 0.754. The topological polar surface area (TPSA) is 58.4 Å². The molecule has 0 atom stereocenters. The van der Waals surface area contributed by atoms with Gasteiger partial charge in [-0.1, -0.05) is 19.1 Å². The molecule has 5 heteroatoms. The van der Waals surface area contributed by atoms with Gasteiger partial charge in [0, 0.05) is 13.1 Å². The van der Waals surface area contributed by atoms with E-state index in [2.05, 4.69) is 12.2 Å². The van der Waals surface area contributed by atoms with Crippen molar-refractivity contribution in [1.29, 1.82) is 0 Å². The van der Waals surface area contributed by atoms with E-state index >= 15 is 0 Å². The Morgan fingerprint density at radius 2 is 1.89 bits per heavy atom. The molecule has 1 saturated heterocycles. The summed E-state index contributed by atoms with van der Waals surface area (Å²) in [6.45, 7) is 3.96. The highest BCUT2D eigenvalue weighted by atomic mass is 32.1. The van der Waals surface area contributed by atoms with E-state index in [-0.39, 0.29) is 6.03 Å². The number of thiocarbonyl (C=S) groups is 1. The number of nitrogens with one attached hydrogen (secondary N) is 1. The molecule has 1 aliphatic carbocycles. The van der Waals surface area contributed by atoms with Gasteiger partial charge in [0.15, 0.2) is 0 Å². The molecule has 4 nitrogen and oxygen atoms in total. The fourth-order valence-corrected chi connectivity index (χ4v) is 3.15. The van der Waals surface area contributed by atoms with E-state index in [9.17, 15) is 4.79 Å². The molecule has 2 rings (SSSR count). The van der Waals surface area contributed by atoms with Crippen molar-refractivity contribution in [2.45, 2.75) is 51.0 Å². The zero-order chi connectivity index (χ0) is 13.2. The summed E-state index contributed by atoms with van der Waals surface area (Å²) < 4.78 is 0. The second kappa shape index (κ2) is 5.43. The highest BCUT2D eigenvalue weighted by Gasteiger charge is 2.39. The van der Waals surface area contributed by atoms with Crippen molar-refractivity contribution in [3.63, 3.8) is 0 Å². The summed E-state index contributed by atoms with van der Waals surface area (Å²) in [5, 5.41) is 3.12. The number of amides is 2. The van der Waals surface area contributed by atoms with Crippen LogP contribution in [0.5, 0.6) is 0 Å². The van der Waals surface area contributed by atoms with Gasteiger partial charge >= 0.3 is 6.03 Å².